The molecule has 0 radical (unpaired) electrons. The zero-order valence-electron chi connectivity index (χ0n) is 33.3. The zero-order chi connectivity index (χ0) is 37.2. The van der Waals surface area contributed by atoms with Crippen molar-refractivity contribution >= 4 is 103 Å². The van der Waals surface area contributed by atoms with Gasteiger partial charge >= 0.3 is 103 Å². The SMILES string of the molecule is C[Si](C)(O[Si](C)(C)O[Si](C)(C)O[Si]1(C)O[Si](C)(C)O[Si](C)(C)O[Si](C)(C)O1)O[Si](C)(C)O[Si]1(C)O[Si](C)(C)O[Si](C)(C)O[Si](C)(C)O1. The van der Waals surface area contributed by atoms with E-state index >= 15 is 0 Å². The maximum absolute atomic E-state index is 6.81. The third-order valence-corrected chi connectivity index (χ3v) is 54.3. The second-order valence-electron chi connectivity index (χ2n) is 17.0. The van der Waals surface area contributed by atoms with Gasteiger partial charge in [-0.05, 0) is 131 Å². The molecule has 2 heterocycles. The van der Waals surface area contributed by atoms with Gasteiger partial charge in [0.15, 0.2) is 0 Å². The average Bonchev–Trinajstić information content (AvgIpc) is 2.52. The number of hydrogen-bond donors (Lipinski definition) is 0. The molecule has 47 heavy (non-hydrogen) atoms. The van der Waals surface area contributed by atoms with Crippen LogP contribution in [0.5, 0.6) is 0 Å². The average molecular weight is 876 g/mol. The normalized spacial score (nSPS) is 27.2. The molecule has 0 aromatic rings. The summed E-state index contributed by atoms with van der Waals surface area (Å²) in [6, 6.07) is 0. The Hall–Kier alpha value is 2.08. The quantitative estimate of drug-likeness (QED) is 0.203. The second-order valence-corrected chi connectivity index (χ2v) is 59.1. The largest absolute Gasteiger partial charge is 0.470 e. The molecule has 0 atom stereocenters. The van der Waals surface area contributed by atoms with Gasteiger partial charge in [-0.3, -0.25) is 0 Å². The summed E-state index contributed by atoms with van der Waals surface area (Å²) in [6.45, 7) is 44.3. The molecule has 2 rings (SSSR count). The molecule has 0 saturated carbocycles. The highest BCUT2D eigenvalue weighted by Gasteiger charge is 2.59. The van der Waals surface area contributed by atoms with Crippen LogP contribution in [0.1, 0.15) is 0 Å². The van der Waals surface area contributed by atoms with E-state index in [4.69, 9.17) is 53.5 Å². The first-order valence-corrected chi connectivity index (χ1v) is 48.9. The van der Waals surface area contributed by atoms with Crippen molar-refractivity contribution in [2.24, 2.45) is 0 Å². The van der Waals surface area contributed by atoms with Crippen LogP contribution < -0.4 is 0 Å². The van der Waals surface area contributed by atoms with Crippen LogP contribution in [0.4, 0.5) is 0 Å². The van der Waals surface area contributed by atoms with Crippen molar-refractivity contribution in [3.8, 4) is 0 Å². The molecular formula is C22H66O13Si12. The molecule has 2 aliphatic heterocycles. The zero-order valence-corrected chi connectivity index (χ0v) is 45.3. The highest BCUT2D eigenvalue weighted by atomic mass is 28.6. The van der Waals surface area contributed by atoms with Crippen LogP contribution in [-0.2, 0) is 53.5 Å². The van der Waals surface area contributed by atoms with Gasteiger partial charge in [-0.2, -0.15) is 0 Å². The lowest BCUT2D eigenvalue weighted by molar-refractivity contribution is 0.169. The molecule has 0 aliphatic carbocycles. The van der Waals surface area contributed by atoms with E-state index in [2.05, 4.69) is 0 Å². The summed E-state index contributed by atoms with van der Waals surface area (Å²) in [5.41, 5.74) is 0. The topological polar surface area (TPSA) is 120 Å². The number of hydrogen-bond acceptors (Lipinski definition) is 13. The second kappa shape index (κ2) is 14.1. The molecular weight excluding hydrogens is 809 g/mol. The predicted molar refractivity (Wildman–Crippen MR) is 212 cm³/mol. The van der Waals surface area contributed by atoms with Gasteiger partial charge in [0.2, 0.25) is 0 Å². The third-order valence-electron chi connectivity index (χ3n) is 6.03. The van der Waals surface area contributed by atoms with Crippen molar-refractivity contribution in [2.45, 2.75) is 144 Å². The Morgan fingerprint density at radius 3 is 0.660 bits per heavy atom. The van der Waals surface area contributed by atoms with Crippen LogP contribution in [0.3, 0.4) is 0 Å². The van der Waals surface area contributed by atoms with Crippen molar-refractivity contribution in [1.82, 2.24) is 0 Å². The minimum atomic E-state index is -3.23. The minimum absolute atomic E-state index is 1.93. The first-order valence-electron chi connectivity index (χ1n) is 16.3. The molecule has 0 aromatic heterocycles. The number of rotatable bonds is 10. The van der Waals surface area contributed by atoms with Gasteiger partial charge < -0.3 is 53.5 Å². The van der Waals surface area contributed by atoms with E-state index in [1.165, 1.54) is 0 Å². The summed E-state index contributed by atoms with van der Waals surface area (Å²) in [5.74, 6) is 0. The molecule has 2 aliphatic rings. The van der Waals surface area contributed by atoms with Gasteiger partial charge in [-0.25, -0.2) is 0 Å². The standard InChI is InChI=1S/C22H66O13Si12/c1-36(2,24-40(9,10)30-46(21)32-42(13,14)26-38(5,6)27-43(15,16)33-46)23-37(3,4)25-41(11,12)31-47(22)34-44(17,18)28-39(7,8)29-45(19,20)35-47/h1-22H3. The first-order chi connectivity index (χ1) is 20.2. The Labute approximate surface area is 299 Å². The molecule has 2 fully saturated rings. The van der Waals surface area contributed by atoms with Gasteiger partial charge in [-0.15, -0.1) is 0 Å². The van der Waals surface area contributed by atoms with E-state index < -0.39 is 103 Å². The fraction of sp³-hybridized carbons (Fsp3) is 1.00. The molecule has 0 unspecified atom stereocenters. The lowest BCUT2D eigenvalue weighted by atomic mass is 11.9. The van der Waals surface area contributed by atoms with Crippen LogP contribution in [0.25, 0.3) is 0 Å². The lowest BCUT2D eigenvalue weighted by Crippen LogP contribution is -2.69. The van der Waals surface area contributed by atoms with Crippen molar-refractivity contribution in [3.05, 3.63) is 0 Å². The maximum Gasteiger partial charge on any atom is 0.470 e. The van der Waals surface area contributed by atoms with Crippen molar-refractivity contribution < 1.29 is 53.5 Å². The van der Waals surface area contributed by atoms with Gasteiger partial charge in [-0.1, -0.05) is 0 Å². The van der Waals surface area contributed by atoms with Gasteiger partial charge in [0, 0.05) is 13.1 Å². The lowest BCUT2D eigenvalue weighted by Gasteiger charge is -2.49. The Morgan fingerprint density at radius 1 is 0.277 bits per heavy atom. The summed E-state index contributed by atoms with van der Waals surface area (Å²) in [5, 5.41) is 0. The third kappa shape index (κ3) is 15.9. The molecule has 0 bridgehead atoms. The van der Waals surface area contributed by atoms with Crippen LogP contribution in [0.15, 0.2) is 0 Å². The molecule has 280 valence electrons. The fourth-order valence-electron chi connectivity index (χ4n) is 7.16. The first kappa shape index (κ1) is 45.2. The predicted octanol–water partition coefficient (Wildman–Crippen LogP) is 7.38. The molecule has 13 nitrogen and oxygen atoms in total. The molecule has 0 spiro atoms. The van der Waals surface area contributed by atoms with Crippen molar-refractivity contribution in [1.29, 1.82) is 0 Å². The smallest absolute Gasteiger partial charge is 0.416 e. The van der Waals surface area contributed by atoms with Crippen LogP contribution in [-0.4, -0.2) is 103 Å². The van der Waals surface area contributed by atoms with Gasteiger partial charge in [0.25, 0.3) is 0 Å². The summed E-state index contributed by atoms with van der Waals surface area (Å²) in [6.07, 6.45) is 0. The van der Waals surface area contributed by atoms with E-state index in [1.54, 1.807) is 0 Å². The van der Waals surface area contributed by atoms with E-state index in [9.17, 15) is 0 Å². The van der Waals surface area contributed by atoms with Crippen LogP contribution in [0.2, 0.25) is 144 Å². The maximum atomic E-state index is 6.81. The van der Waals surface area contributed by atoms with Crippen molar-refractivity contribution in [3.63, 3.8) is 0 Å². The monoisotopic (exact) mass is 874 g/mol. The highest BCUT2D eigenvalue weighted by molar-refractivity contribution is 6.96. The van der Waals surface area contributed by atoms with E-state index in [1.807, 2.05) is 144 Å². The summed E-state index contributed by atoms with van der Waals surface area (Å²) < 4.78 is 86.6. The Bertz CT molecular complexity index is 989. The molecule has 2 saturated heterocycles. The summed E-state index contributed by atoms with van der Waals surface area (Å²) in [7, 11) is -33.1. The van der Waals surface area contributed by atoms with Crippen molar-refractivity contribution in [2.75, 3.05) is 0 Å². The molecule has 25 heteroatoms. The Morgan fingerprint density at radius 2 is 0.447 bits per heavy atom. The molecule has 0 amide bonds. The Balaban J connectivity index is 2.20. The van der Waals surface area contributed by atoms with E-state index in [0.29, 0.717) is 0 Å². The van der Waals surface area contributed by atoms with E-state index in [0.717, 1.165) is 0 Å². The van der Waals surface area contributed by atoms with Gasteiger partial charge in [0.05, 0.1) is 0 Å². The van der Waals surface area contributed by atoms with Crippen LogP contribution in [0, 0.1) is 0 Å². The molecule has 0 aromatic carbocycles. The Kier molecular flexibility index (Phi) is 13.5. The van der Waals surface area contributed by atoms with E-state index in [-0.39, 0.29) is 0 Å². The van der Waals surface area contributed by atoms with Gasteiger partial charge in [0.1, 0.15) is 0 Å². The highest BCUT2D eigenvalue weighted by Crippen LogP contribution is 2.36. The fourth-order valence-corrected chi connectivity index (χ4v) is 70.4. The van der Waals surface area contributed by atoms with Crippen LogP contribution >= 0.6 is 0 Å². The summed E-state index contributed by atoms with van der Waals surface area (Å²) in [4.78, 5) is 0. The molecule has 0 N–H and O–H groups in total. The summed E-state index contributed by atoms with van der Waals surface area (Å²) >= 11 is 0. The minimum Gasteiger partial charge on any atom is -0.416 e.